The maximum atomic E-state index is 12.9. The number of sulfonamides is 1. The fourth-order valence-corrected chi connectivity index (χ4v) is 5.93. The van der Waals surface area contributed by atoms with E-state index in [0.717, 1.165) is 22.3 Å². The van der Waals surface area contributed by atoms with Crippen LogP contribution in [0.5, 0.6) is 0 Å². The number of hydrogen-bond donors (Lipinski definition) is 2. The molecule has 0 bridgehead atoms. The van der Waals surface area contributed by atoms with Crippen molar-refractivity contribution in [3.8, 4) is 11.3 Å². The molecule has 1 fully saturated rings. The lowest BCUT2D eigenvalue weighted by Gasteiger charge is -2.26. The number of H-pyrrole nitrogens is 1. The van der Waals surface area contributed by atoms with Crippen LogP contribution < -0.4 is 5.32 Å². The number of aromatic amines is 1. The minimum atomic E-state index is -3.62. The molecule has 11 heteroatoms. The van der Waals surface area contributed by atoms with Crippen molar-refractivity contribution in [2.45, 2.75) is 11.3 Å². The molecule has 4 heterocycles. The topological polar surface area (TPSA) is 117 Å². The third-order valence-corrected chi connectivity index (χ3v) is 8.00. The van der Waals surface area contributed by atoms with Crippen molar-refractivity contribution in [2.24, 2.45) is 0 Å². The molecule has 2 N–H and O–H groups in total. The Hall–Kier alpha value is -3.12. The Morgan fingerprint density at radius 1 is 1.21 bits per heavy atom. The van der Waals surface area contributed by atoms with E-state index in [1.165, 1.54) is 15.6 Å². The van der Waals surface area contributed by atoms with Crippen molar-refractivity contribution in [1.82, 2.24) is 19.3 Å². The zero-order chi connectivity index (χ0) is 22.8. The number of aromatic nitrogens is 3. The molecule has 3 aromatic heterocycles. The van der Waals surface area contributed by atoms with E-state index in [-0.39, 0.29) is 17.2 Å². The third kappa shape index (κ3) is 4.53. The SMILES string of the molecule is O=C(Cc1cccc(S(=O)(=O)N2CCOCC2)c1)Nc1nc(-c2c[nH]c3ncccc23)cs1. The lowest BCUT2D eigenvalue weighted by molar-refractivity contribution is -0.115. The maximum absolute atomic E-state index is 12.9. The summed E-state index contributed by atoms with van der Waals surface area (Å²) in [7, 11) is -3.62. The van der Waals surface area contributed by atoms with Gasteiger partial charge in [0.25, 0.3) is 0 Å². The van der Waals surface area contributed by atoms with Crippen LogP contribution in [0.1, 0.15) is 5.56 Å². The zero-order valence-corrected chi connectivity index (χ0v) is 19.2. The standard InChI is InChI=1S/C22H21N5O4S2/c28-20(12-15-3-1-4-16(11-15)33(29,30)27-7-9-31-10-8-27)26-22-25-19(14-32-22)18-13-24-21-17(18)5-2-6-23-21/h1-6,11,13-14H,7-10,12H2,(H,23,24)(H,25,26,28). The number of carbonyl (C=O) groups is 1. The minimum Gasteiger partial charge on any atom is -0.379 e. The van der Waals surface area contributed by atoms with Gasteiger partial charge in [-0.05, 0) is 29.8 Å². The Bertz CT molecular complexity index is 1410. The summed E-state index contributed by atoms with van der Waals surface area (Å²) in [4.78, 5) is 24.7. The molecule has 0 aliphatic carbocycles. The molecule has 5 rings (SSSR count). The first-order valence-corrected chi connectivity index (χ1v) is 12.7. The van der Waals surface area contributed by atoms with Crippen molar-refractivity contribution in [2.75, 3.05) is 31.6 Å². The summed E-state index contributed by atoms with van der Waals surface area (Å²) in [5.74, 6) is -0.266. The van der Waals surface area contributed by atoms with E-state index in [9.17, 15) is 13.2 Å². The molecule has 0 unspecified atom stereocenters. The quantitative estimate of drug-likeness (QED) is 0.436. The molecule has 4 aromatic rings. The molecule has 0 saturated carbocycles. The van der Waals surface area contributed by atoms with Crippen LogP contribution in [0.15, 0.2) is 59.1 Å². The number of ether oxygens (including phenoxy) is 1. The molecule has 1 aromatic carbocycles. The van der Waals surface area contributed by atoms with Crippen LogP contribution in [0, 0.1) is 0 Å². The van der Waals surface area contributed by atoms with E-state index in [2.05, 4.69) is 20.3 Å². The highest BCUT2D eigenvalue weighted by Crippen LogP contribution is 2.30. The molecule has 0 atom stereocenters. The van der Waals surface area contributed by atoms with Crippen LogP contribution in [-0.2, 0) is 26.0 Å². The Morgan fingerprint density at radius 2 is 2.06 bits per heavy atom. The molecule has 1 aliphatic rings. The number of nitrogens with zero attached hydrogens (tertiary/aromatic N) is 3. The second-order valence-corrected chi connectivity index (χ2v) is 10.3. The van der Waals surface area contributed by atoms with Crippen LogP contribution in [0.2, 0.25) is 0 Å². The van der Waals surface area contributed by atoms with E-state index in [4.69, 9.17) is 4.74 Å². The van der Waals surface area contributed by atoms with Crippen LogP contribution >= 0.6 is 11.3 Å². The number of rotatable bonds is 6. The lowest BCUT2D eigenvalue weighted by atomic mass is 10.1. The summed E-state index contributed by atoms with van der Waals surface area (Å²) in [6.07, 6.45) is 3.60. The highest BCUT2D eigenvalue weighted by molar-refractivity contribution is 7.89. The predicted molar refractivity (Wildman–Crippen MR) is 126 cm³/mol. The van der Waals surface area contributed by atoms with Gasteiger partial charge in [-0.1, -0.05) is 12.1 Å². The van der Waals surface area contributed by atoms with Crippen LogP contribution in [0.3, 0.4) is 0 Å². The molecule has 0 spiro atoms. The van der Waals surface area contributed by atoms with E-state index >= 15 is 0 Å². The highest BCUT2D eigenvalue weighted by atomic mass is 32.2. The summed E-state index contributed by atoms with van der Waals surface area (Å²) in [6.45, 7) is 1.41. The number of pyridine rings is 1. The van der Waals surface area contributed by atoms with Crippen LogP contribution in [0.25, 0.3) is 22.3 Å². The first-order chi connectivity index (χ1) is 16.0. The average molecular weight is 484 g/mol. The van der Waals surface area contributed by atoms with Crippen molar-refractivity contribution in [3.05, 3.63) is 59.7 Å². The number of morpholine rings is 1. The largest absolute Gasteiger partial charge is 0.379 e. The molecule has 1 aliphatic heterocycles. The van der Waals surface area contributed by atoms with Gasteiger partial charge in [0, 0.05) is 41.8 Å². The van der Waals surface area contributed by atoms with E-state index in [0.29, 0.717) is 37.0 Å². The fourth-order valence-electron chi connectivity index (χ4n) is 3.72. The van der Waals surface area contributed by atoms with Gasteiger partial charge in [-0.3, -0.25) is 4.79 Å². The fraction of sp³-hybridized carbons (Fsp3) is 0.227. The van der Waals surface area contributed by atoms with Gasteiger partial charge in [-0.25, -0.2) is 18.4 Å². The highest BCUT2D eigenvalue weighted by Gasteiger charge is 2.26. The molecule has 170 valence electrons. The normalized spacial score (nSPS) is 15.0. The summed E-state index contributed by atoms with van der Waals surface area (Å²) >= 11 is 1.33. The van der Waals surface area contributed by atoms with Gasteiger partial charge in [-0.2, -0.15) is 4.31 Å². The first-order valence-electron chi connectivity index (χ1n) is 10.4. The van der Waals surface area contributed by atoms with Gasteiger partial charge >= 0.3 is 0 Å². The second-order valence-electron chi connectivity index (χ2n) is 7.53. The first kappa shape index (κ1) is 21.7. The van der Waals surface area contributed by atoms with E-state index < -0.39 is 10.0 Å². The maximum Gasteiger partial charge on any atom is 0.243 e. The number of amides is 1. The smallest absolute Gasteiger partial charge is 0.243 e. The number of benzene rings is 1. The van der Waals surface area contributed by atoms with Crippen molar-refractivity contribution in [3.63, 3.8) is 0 Å². The number of carbonyl (C=O) groups excluding carboxylic acids is 1. The summed E-state index contributed by atoms with van der Waals surface area (Å²) in [5, 5.41) is 6.12. The van der Waals surface area contributed by atoms with Crippen molar-refractivity contribution in [1.29, 1.82) is 0 Å². The van der Waals surface area contributed by atoms with Crippen molar-refractivity contribution < 1.29 is 17.9 Å². The zero-order valence-electron chi connectivity index (χ0n) is 17.5. The van der Waals surface area contributed by atoms with Gasteiger partial charge in [-0.15, -0.1) is 11.3 Å². The Morgan fingerprint density at radius 3 is 2.91 bits per heavy atom. The minimum absolute atomic E-state index is 0.0401. The molecular weight excluding hydrogens is 462 g/mol. The number of hydrogen-bond acceptors (Lipinski definition) is 7. The van der Waals surface area contributed by atoms with Gasteiger partial charge in [0.05, 0.1) is 30.2 Å². The lowest BCUT2D eigenvalue weighted by Crippen LogP contribution is -2.40. The monoisotopic (exact) mass is 483 g/mol. The molecule has 1 saturated heterocycles. The average Bonchev–Trinajstić information content (AvgIpc) is 3.46. The summed E-state index contributed by atoms with van der Waals surface area (Å²) in [5.41, 5.74) is 3.04. The van der Waals surface area contributed by atoms with Gasteiger partial charge < -0.3 is 15.0 Å². The van der Waals surface area contributed by atoms with Gasteiger partial charge in [0.2, 0.25) is 15.9 Å². The Kier molecular flexibility index (Phi) is 5.94. The second kappa shape index (κ2) is 9.02. The predicted octanol–water partition coefficient (Wildman–Crippen LogP) is 2.89. The molecule has 9 nitrogen and oxygen atoms in total. The van der Waals surface area contributed by atoms with Gasteiger partial charge in [0.1, 0.15) is 5.65 Å². The summed E-state index contributed by atoms with van der Waals surface area (Å²) in [6, 6.07) is 10.3. The van der Waals surface area contributed by atoms with E-state index in [1.807, 2.05) is 23.7 Å². The van der Waals surface area contributed by atoms with E-state index in [1.54, 1.807) is 30.5 Å². The number of fused-ring (bicyclic) bond motifs is 1. The number of anilines is 1. The van der Waals surface area contributed by atoms with Crippen LogP contribution in [-0.4, -0.2) is 59.9 Å². The van der Waals surface area contributed by atoms with Crippen molar-refractivity contribution >= 4 is 43.4 Å². The number of nitrogens with one attached hydrogen (secondary N) is 2. The Labute approximate surface area is 194 Å². The molecule has 33 heavy (non-hydrogen) atoms. The third-order valence-electron chi connectivity index (χ3n) is 5.35. The Balaban J connectivity index is 1.28. The summed E-state index contributed by atoms with van der Waals surface area (Å²) < 4.78 is 32.4. The molecule has 1 amide bonds. The van der Waals surface area contributed by atoms with Gasteiger partial charge in [0.15, 0.2) is 5.13 Å². The molecule has 0 radical (unpaired) electrons. The molecular formula is C22H21N5O4S2. The number of thiazole rings is 1. The van der Waals surface area contributed by atoms with Crippen LogP contribution in [0.4, 0.5) is 5.13 Å².